The highest BCUT2D eigenvalue weighted by Gasteiger charge is 2.70. The Hall–Kier alpha value is -2.32. The van der Waals surface area contributed by atoms with Crippen LogP contribution in [0, 0.1) is 34.5 Å². The summed E-state index contributed by atoms with van der Waals surface area (Å²) in [4.78, 5) is 50.8. The Kier molecular flexibility index (Phi) is 7.56. The minimum atomic E-state index is -1.48. The van der Waals surface area contributed by atoms with E-state index in [-0.39, 0.29) is 48.9 Å². The quantitative estimate of drug-likeness (QED) is 0.488. The summed E-state index contributed by atoms with van der Waals surface area (Å²) in [7, 11) is 1.36. The van der Waals surface area contributed by atoms with Crippen molar-refractivity contribution in [1.82, 2.24) is 0 Å². The molecule has 0 saturated heterocycles. The third kappa shape index (κ3) is 4.40. The first-order valence-corrected chi connectivity index (χ1v) is 13.5. The highest BCUT2D eigenvalue weighted by Crippen LogP contribution is 2.68. The number of Topliss-reactive ketones (excluding diaryl/α,β-unsaturated/α-hetero) is 1. The average Bonchev–Trinajstić information content (AvgIpc) is 3.11. The molecule has 4 rings (SSSR count). The number of carbonyl (C=O) groups excluding carboxylic acids is 4. The van der Waals surface area contributed by atoms with Crippen molar-refractivity contribution in [3.8, 4) is 0 Å². The van der Waals surface area contributed by atoms with E-state index in [2.05, 4.69) is 13.8 Å². The summed E-state index contributed by atoms with van der Waals surface area (Å²) in [5, 5.41) is 11.7. The van der Waals surface area contributed by atoms with Crippen molar-refractivity contribution >= 4 is 23.5 Å². The Morgan fingerprint density at radius 2 is 1.89 bits per heavy atom. The molecule has 0 aromatic carbocycles. The van der Waals surface area contributed by atoms with E-state index in [1.165, 1.54) is 7.11 Å². The molecule has 4 aliphatic carbocycles. The molecule has 0 amide bonds. The zero-order valence-corrected chi connectivity index (χ0v) is 22.6. The number of rotatable bonds is 8. The van der Waals surface area contributed by atoms with Crippen LogP contribution in [0.1, 0.15) is 66.2 Å². The minimum absolute atomic E-state index is 0.0146. The van der Waals surface area contributed by atoms with Gasteiger partial charge in [-0.3, -0.25) is 14.4 Å². The normalized spacial score (nSPS) is 40.2. The van der Waals surface area contributed by atoms with Crippen LogP contribution < -0.4 is 0 Å². The van der Waals surface area contributed by atoms with Crippen LogP contribution in [0.2, 0.25) is 0 Å². The van der Waals surface area contributed by atoms with Gasteiger partial charge in [0, 0.05) is 30.3 Å². The first-order valence-electron chi connectivity index (χ1n) is 13.5. The molecule has 0 bridgehead atoms. The molecule has 3 saturated carbocycles. The van der Waals surface area contributed by atoms with Gasteiger partial charge in [0.15, 0.2) is 18.0 Å². The fourth-order valence-corrected chi connectivity index (χ4v) is 8.29. The lowest BCUT2D eigenvalue weighted by molar-refractivity contribution is -0.202. The molecular weight excluding hydrogens is 476 g/mol. The van der Waals surface area contributed by atoms with Crippen LogP contribution >= 0.6 is 0 Å². The minimum Gasteiger partial charge on any atom is -0.456 e. The first kappa shape index (κ1) is 27.7. The molecule has 8 nitrogen and oxygen atoms in total. The number of esters is 2. The molecule has 8 heteroatoms. The third-order valence-electron chi connectivity index (χ3n) is 9.76. The van der Waals surface area contributed by atoms with Gasteiger partial charge in [-0.1, -0.05) is 39.3 Å². The van der Waals surface area contributed by atoms with Crippen LogP contribution in [-0.2, 0) is 33.4 Å². The molecule has 4 aliphatic rings. The van der Waals surface area contributed by atoms with Gasteiger partial charge in [0.1, 0.15) is 6.61 Å². The predicted molar refractivity (Wildman–Crippen MR) is 134 cm³/mol. The fourth-order valence-electron chi connectivity index (χ4n) is 8.29. The second-order valence-corrected chi connectivity index (χ2v) is 11.8. The summed E-state index contributed by atoms with van der Waals surface area (Å²) in [5.41, 5.74) is -1.71. The van der Waals surface area contributed by atoms with Gasteiger partial charge in [-0.15, -0.1) is 0 Å². The van der Waals surface area contributed by atoms with Crippen molar-refractivity contribution in [3.05, 3.63) is 23.8 Å². The Morgan fingerprint density at radius 1 is 1.16 bits per heavy atom. The molecule has 0 aromatic rings. The number of hydrogen-bond donors (Lipinski definition) is 1. The number of allylic oxidation sites excluding steroid dienone is 4. The van der Waals surface area contributed by atoms with Gasteiger partial charge >= 0.3 is 11.9 Å². The molecule has 0 heterocycles. The van der Waals surface area contributed by atoms with Crippen LogP contribution in [-0.4, -0.2) is 60.6 Å². The molecule has 0 spiro atoms. The molecule has 204 valence electrons. The molecule has 0 aliphatic heterocycles. The zero-order chi connectivity index (χ0) is 27.2. The molecule has 0 aromatic heterocycles. The zero-order valence-electron chi connectivity index (χ0n) is 22.6. The number of carbonyl (C=O) groups is 4. The number of methoxy groups -OCH3 is 1. The number of ether oxygens (including phenoxy) is 3. The maximum absolute atomic E-state index is 13.8. The van der Waals surface area contributed by atoms with Crippen molar-refractivity contribution in [2.75, 3.05) is 20.3 Å². The smallest absolute Gasteiger partial charge is 0.332 e. The molecule has 3 fully saturated rings. The predicted octanol–water partition coefficient (Wildman–Crippen LogP) is 3.35. The van der Waals surface area contributed by atoms with Crippen LogP contribution in [0.15, 0.2) is 23.8 Å². The Morgan fingerprint density at radius 3 is 2.57 bits per heavy atom. The largest absolute Gasteiger partial charge is 0.456 e. The van der Waals surface area contributed by atoms with E-state index in [0.717, 1.165) is 12.0 Å². The Bertz CT molecular complexity index is 1030. The van der Waals surface area contributed by atoms with E-state index in [4.69, 9.17) is 14.2 Å². The summed E-state index contributed by atoms with van der Waals surface area (Å²) in [5.74, 6) is -1.49. The summed E-state index contributed by atoms with van der Waals surface area (Å²) < 4.78 is 16.0. The second-order valence-electron chi connectivity index (χ2n) is 11.8. The van der Waals surface area contributed by atoms with Gasteiger partial charge in [-0.2, -0.15) is 0 Å². The molecule has 37 heavy (non-hydrogen) atoms. The average molecular weight is 517 g/mol. The van der Waals surface area contributed by atoms with E-state index in [1.54, 1.807) is 12.2 Å². The van der Waals surface area contributed by atoms with Crippen molar-refractivity contribution in [2.24, 2.45) is 34.5 Å². The van der Waals surface area contributed by atoms with Crippen LogP contribution in [0.5, 0.6) is 0 Å². The summed E-state index contributed by atoms with van der Waals surface area (Å²) in [6.45, 7) is 7.26. The van der Waals surface area contributed by atoms with Gasteiger partial charge < -0.3 is 19.3 Å². The van der Waals surface area contributed by atoms with Gasteiger partial charge in [-0.25, -0.2) is 4.79 Å². The standard InChI is InChI=1S/C29H40O8/c1-6-7-24(33)37-29(23(32)15-36-25(34)16-35-5)11-9-20-19-12-17(2)21-13-18(30)8-10-27(21,3)26(19)22(31)14-28(20,29)4/h8,10,13,17,19-20,22,26,31H,6-7,9,11-12,14-16H2,1-5H3/t17?,19-,20-,22?,26+,27-,28-,29-/m0/s1. The van der Waals surface area contributed by atoms with Gasteiger partial charge in [0.2, 0.25) is 5.78 Å². The Balaban J connectivity index is 1.71. The second kappa shape index (κ2) is 10.1. The number of fused-ring (bicyclic) bond motifs is 5. The molecule has 1 N–H and O–H groups in total. The van der Waals surface area contributed by atoms with E-state index in [0.29, 0.717) is 19.3 Å². The maximum Gasteiger partial charge on any atom is 0.332 e. The number of hydrogen-bond acceptors (Lipinski definition) is 8. The van der Waals surface area contributed by atoms with Crippen molar-refractivity contribution in [2.45, 2.75) is 77.9 Å². The number of aliphatic hydroxyl groups excluding tert-OH is 1. The Labute approximate surface area is 218 Å². The van der Waals surface area contributed by atoms with Crippen LogP contribution in [0.25, 0.3) is 0 Å². The highest BCUT2D eigenvalue weighted by atomic mass is 16.6. The van der Waals surface area contributed by atoms with E-state index >= 15 is 0 Å². The fraction of sp³-hybridized carbons (Fsp3) is 0.724. The number of ketones is 2. The molecule has 2 unspecified atom stereocenters. The lowest BCUT2D eigenvalue weighted by Gasteiger charge is -2.61. The van der Waals surface area contributed by atoms with Gasteiger partial charge in [-0.05, 0) is 62.0 Å². The lowest BCUT2D eigenvalue weighted by Crippen LogP contribution is -2.63. The van der Waals surface area contributed by atoms with Crippen LogP contribution in [0.3, 0.4) is 0 Å². The van der Waals surface area contributed by atoms with E-state index < -0.39 is 46.9 Å². The lowest BCUT2D eigenvalue weighted by atomic mass is 9.44. The molecular formula is C29H40O8. The van der Waals surface area contributed by atoms with E-state index in [9.17, 15) is 24.3 Å². The third-order valence-corrected chi connectivity index (χ3v) is 9.76. The maximum atomic E-state index is 13.8. The SMILES string of the molecule is CCCC(=O)O[C@]1(C(=O)COC(=O)COC)CC[C@H]2[C@@H]3CC(C)C4=CC(=O)C=C[C@]4(C)[C@H]3C(O)C[C@@]21C. The summed E-state index contributed by atoms with van der Waals surface area (Å²) in [6, 6.07) is 0. The molecule has 0 radical (unpaired) electrons. The summed E-state index contributed by atoms with van der Waals surface area (Å²) >= 11 is 0. The van der Waals surface area contributed by atoms with Gasteiger partial charge in [0.25, 0.3) is 0 Å². The topological polar surface area (TPSA) is 116 Å². The highest BCUT2D eigenvalue weighted by molar-refractivity contribution is 6.01. The number of aliphatic hydroxyl groups is 1. The van der Waals surface area contributed by atoms with Crippen molar-refractivity contribution < 1.29 is 38.5 Å². The van der Waals surface area contributed by atoms with Crippen molar-refractivity contribution in [3.63, 3.8) is 0 Å². The van der Waals surface area contributed by atoms with Crippen molar-refractivity contribution in [1.29, 1.82) is 0 Å². The van der Waals surface area contributed by atoms with Gasteiger partial charge in [0.05, 0.1) is 6.10 Å². The summed E-state index contributed by atoms with van der Waals surface area (Å²) in [6.07, 6.45) is 7.30. The first-order chi connectivity index (χ1) is 17.4. The van der Waals surface area contributed by atoms with E-state index in [1.807, 2.05) is 19.9 Å². The molecule has 8 atom stereocenters. The monoisotopic (exact) mass is 516 g/mol. The van der Waals surface area contributed by atoms with Crippen LogP contribution in [0.4, 0.5) is 0 Å².